The maximum absolute atomic E-state index is 12.5. The first kappa shape index (κ1) is 19.3. The molecule has 2 aliphatic heterocycles. The van der Waals surface area contributed by atoms with Crippen LogP contribution in [-0.2, 0) is 20.7 Å². The Kier molecular flexibility index (Phi) is 4.96. The lowest BCUT2D eigenvalue weighted by molar-refractivity contribution is -0.134. The third kappa shape index (κ3) is 3.80. The quantitative estimate of drug-likeness (QED) is 0.741. The van der Waals surface area contributed by atoms with Gasteiger partial charge in [0.25, 0.3) is 5.91 Å². The van der Waals surface area contributed by atoms with Crippen molar-refractivity contribution in [2.45, 2.75) is 31.8 Å². The van der Waals surface area contributed by atoms with Crippen LogP contribution in [-0.4, -0.2) is 59.1 Å². The maximum Gasteiger partial charge on any atom is 0.325 e. The molecule has 3 heterocycles. The number of urea groups is 1. The lowest BCUT2D eigenvalue weighted by Crippen LogP contribution is -2.47. The molecular formula is C21H24N4O4. The largest absolute Gasteiger partial charge is 0.379 e. The number of ether oxygens (including phenoxy) is 1. The monoisotopic (exact) mass is 396 g/mol. The van der Waals surface area contributed by atoms with Crippen molar-refractivity contribution < 1.29 is 19.1 Å². The molecule has 0 aliphatic carbocycles. The van der Waals surface area contributed by atoms with Crippen LogP contribution in [0.25, 0.3) is 10.9 Å². The van der Waals surface area contributed by atoms with Crippen LogP contribution in [0.3, 0.4) is 0 Å². The third-order valence-corrected chi connectivity index (χ3v) is 5.51. The Hall–Kier alpha value is -3.00. The number of aromatic nitrogens is 1. The summed E-state index contributed by atoms with van der Waals surface area (Å²) in [4.78, 5) is 42.1. The van der Waals surface area contributed by atoms with Crippen LogP contribution in [0.2, 0.25) is 0 Å². The second-order valence-electron chi connectivity index (χ2n) is 8.11. The van der Waals surface area contributed by atoms with Gasteiger partial charge in [0.05, 0.1) is 24.8 Å². The molecule has 152 valence electrons. The molecule has 0 spiro atoms. The van der Waals surface area contributed by atoms with Crippen molar-refractivity contribution in [3.8, 4) is 0 Å². The molecule has 0 unspecified atom stereocenters. The van der Waals surface area contributed by atoms with E-state index in [1.807, 2.05) is 30.3 Å². The van der Waals surface area contributed by atoms with Crippen molar-refractivity contribution in [2.24, 2.45) is 5.92 Å². The van der Waals surface area contributed by atoms with Gasteiger partial charge in [-0.25, -0.2) is 4.79 Å². The number of imide groups is 1. The van der Waals surface area contributed by atoms with Crippen LogP contribution in [0, 0.1) is 5.92 Å². The molecule has 29 heavy (non-hydrogen) atoms. The van der Waals surface area contributed by atoms with E-state index in [4.69, 9.17) is 4.74 Å². The minimum absolute atomic E-state index is 0.101. The molecule has 0 saturated carbocycles. The van der Waals surface area contributed by atoms with Crippen LogP contribution >= 0.6 is 0 Å². The average Bonchev–Trinajstić information content (AvgIpc) is 3.19. The first-order valence-electron chi connectivity index (χ1n) is 9.69. The molecule has 1 aromatic carbocycles. The van der Waals surface area contributed by atoms with Crippen molar-refractivity contribution >= 4 is 28.7 Å². The fourth-order valence-corrected chi connectivity index (χ4v) is 3.93. The van der Waals surface area contributed by atoms with E-state index in [0.29, 0.717) is 13.2 Å². The smallest absolute Gasteiger partial charge is 0.325 e. The first-order valence-corrected chi connectivity index (χ1v) is 9.69. The summed E-state index contributed by atoms with van der Waals surface area (Å²) in [6.07, 6.45) is 2.53. The summed E-state index contributed by atoms with van der Waals surface area (Å²) < 4.78 is 5.61. The number of carbonyl (C=O) groups is 3. The molecule has 0 radical (unpaired) electrons. The fraction of sp³-hybridized carbons (Fsp3) is 0.429. The van der Waals surface area contributed by atoms with Gasteiger partial charge in [-0.2, -0.15) is 0 Å². The van der Waals surface area contributed by atoms with Gasteiger partial charge in [0, 0.05) is 17.5 Å². The molecule has 2 fully saturated rings. The molecule has 8 heteroatoms. The molecule has 2 saturated heterocycles. The molecule has 2 aromatic rings. The molecule has 0 bridgehead atoms. The Morgan fingerprint density at radius 2 is 2.07 bits per heavy atom. The summed E-state index contributed by atoms with van der Waals surface area (Å²) in [6.45, 7) is 3.88. The molecule has 2 N–H and O–H groups in total. The minimum Gasteiger partial charge on any atom is -0.379 e. The fourth-order valence-electron chi connectivity index (χ4n) is 3.93. The normalized spacial score (nSPS) is 23.4. The molecule has 2 aliphatic rings. The van der Waals surface area contributed by atoms with E-state index in [2.05, 4.69) is 15.6 Å². The molecule has 2 atom stereocenters. The Morgan fingerprint density at radius 1 is 1.28 bits per heavy atom. The summed E-state index contributed by atoms with van der Waals surface area (Å²) in [5.41, 5.74) is 1.10. The summed E-state index contributed by atoms with van der Waals surface area (Å²) in [7, 11) is 0. The minimum atomic E-state index is -0.987. The number of rotatable bonds is 5. The average molecular weight is 396 g/mol. The zero-order valence-corrected chi connectivity index (χ0v) is 16.5. The Morgan fingerprint density at radius 3 is 2.83 bits per heavy atom. The van der Waals surface area contributed by atoms with Gasteiger partial charge < -0.3 is 15.4 Å². The van der Waals surface area contributed by atoms with Crippen LogP contribution in [0.5, 0.6) is 0 Å². The van der Waals surface area contributed by atoms with Gasteiger partial charge in [-0.1, -0.05) is 18.2 Å². The summed E-state index contributed by atoms with van der Waals surface area (Å²) >= 11 is 0. The van der Waals surface area contributed by atoms with E-state index in [0.717, 1.165) is 27.8 Å². The summed E-state index contributed by atoms with van der Waals surface area (Å²) in [6, 6.07) is 9.23. The highest BCUT2D eigenvalue weighted by Crippen LogP contribution is 2.24. The Bertz CT molecular complexity index is 969. The van der Waals surface area contributed by atoms with E-state index in [-0.39, 0.29) is 24.4 Å². The number of benzene rings is 1. The van der Waals surface area contributed by atoms with Gasteiger partial charge in [0.2, 0.25) is 5.91 Å². The number of nitrogens with one attached hydrogen (secondary N) is 2. The van der Waals surface area contributed by atoms with E-state index in [9.17, 15) is 14.4 Å². The van der Waals surface area contributed by atoms with Crippen molar-refractivity contribution in [3.63, 3.8) is 0 Å². The predicted molar refractivity (Wildman–Crippen MR) is 106 cm³/mol. The molecular weight excluding hydrogens is 372 g/mol. The van der Waals surface area contributed by atoms with Gasteiger partial charge in [-0.3, -0.25) is 19.5 Å². The van der Waals surface area contributed by atoms with Gasteiger partial charge in [-0.05, 0) is 38.0 Å². The van der Waals surface area contributed by atoms with Crippen molar-refractivity contribution in [1.29, 1.82) is 0 Å². The molecule has 4 rings (SSSR count). The standard InChI is InChI=1S/C21H24N4O4/c1-21(2)19(27)25(20(28)24-21)10-18(26)23-17-12-29-11-14(17)9-13-7-8-22-16-6-4-3-5-15(13)16/h3-8,14,17H,9-12H2,1-2H3,(H,23,26)(H,24,28)/t14-,17+/m1/s1. The Balaban J connectivity index is 1.42. The van der Waals surface area contributed by atoms with Crippen LogP contribution < -0.4 is 10.6 Å². The maximum atomic E-state index is 12.5. The summed E-state index contributed by atoms with van der Waals surface area (Å²) in [5.74, 6) is -0.671. The lowest BCUT2D eigenvalue weighted by Gasteiger charge is -2.21. The number of hydrogen-bond donors (Lipinski definition) is 2. The number of hydrogen-bond acceptors (Lipinski definition) is 5. The molecule has 4 amide bonds. The van der Waals surface area contributed by atoms with Crippen LogP contribution in [0.15, 0.2) is 36.5 Å². The second-order valence-corrected chi connectivity index (χ2v) is 8.11. The third-order valence-electron chi connectivity index (χ3n) is 5.51. The van der Waals surface area contributed by atoms with Gasteiger partial charge >= 0.3 is 6.03 Å². The van der Waals surface area contributed by atoms with E-state index < -0.39 is 17.5 Å². The van der Waals surface area contributed by atoms with Gasteiger partial charge in [-0.15, -0.1) is 0 Å². The SMILES string of the molecule is CC1(C)NC(=O)N(CC(=O)N[C@H]2COC[C@H]2Cc2ccnc3ccccc23)C1=O. The lowest BCUT2D eigenvalue weighted by atomic mass is 9.93. The van der Waals surface area contributed by atoms with Gasteiger partial charge in [0.15, 0.2) is 0 Å². The van der Waals surface area contributed by atoms with E-state index in [1.54, 1.807) is 20.0 Å². The van der Waals surface area contributed by atoms with Crippen molar-refractivity contribution in [1.82, 2.24) is 20.5 Å². The zero-order chi connectivity index (χ0) is 20.6. The number of para-hydroxylation sites is 1. The van der Waals surface area contributed by atoms with Gasteiger partial charge in [0.1, 0.15) is 12.1 Å². The highest BCUT2D eigenvalue weighted by atomic mass is 16.5. The second kappa shape index (κ2) is 7.44. The Labute approximate surface area is 168 Å². The topological polar surface area (TPSA) is 101 Å². The first-order chi connectivity index (χ1) is 13.8. The number of carbonyl (C=O) groups excluding carboxylic acids is 3. The number of nitrogens with zero attached hydrogens (tertiary/aromatic N) is 2. The molecule has 1 aromatic heterocycles. The van der Waals surface area contributed by atoms with Crippen LogP contribution in [0.1, 0.15) is 19.4 Å². The van der Waals surface area contributed by atoms with E-state index >= 15 is 0 Å². The number of fused-ring (bicyclic) bond motifs is 1. The number of pyridine rings is 1. The predicted octanol–water partition coefficient (Wildman–Crippen LogP) is 1.24. The highest BCUT2D eigenvalue weighted by molar-refractivity contribution is 6.08. The van der Waals surface area contributed by atoms with E-state index in [1.165, 1.54) is 0 Å². The summed E-state index contributed by atoms with van der Waals surface area (Å²) in [5, 5.41) is 6.61. The van der Waals surface area contributed by atoms with Crippen molar-refractivity contribution in [2.75, 3.05) is 19.8 Å². The molecule has 8 nitrogen and oxygen atoms in total. The zero-order valence-electron chi connectivity index (χ0n) is 16.5. The van der Waals surface area contributed by atoms with Crippen molar-refractivity contribution in [3.05, 3.63) is 42.1 Å². The number of amides is 4. The van der Waals surface area contributed by atoms with Crippen LogP contribution in [0.4, 0.5) is 4.79 Å². The highest BCUT2D eigenvalue weighted by Gasteiger charge is 2.45.